The lowest BCUT2D eigenvalue weighted by atomic mass is 10.1. The highest BCUT2D eigenvalue weighted by molar-refractivity contribution is 7.47. The standard InChI is InChI=1S/C44H74O14P2/c1-3-5-7-9-11-13-15-17-18-19-21-23-25-27-29-33-43(46)53-37-40(38-56-60(51,52)55-36-39(45)35-54-59(48,49)50)57-44(47)34-30-32-42-41(58-42)31-28-26-24-22-20-16-14-12-10-8-6-4-2/h5,7,11-14,17-18,20,22,26,28,39-42,45H,3-4,6,8-10,15-16,19,21,23-25,27,29-38H2,1-2H3,(H,51,52)(H2,48,49,50)/b7-5-,13-11-,14-12-,18-17-,22-20-,28-26-/t39-,40+,41?,42?/m0/s1. The Morgan fingerprint density at radius 3 is 1.77 bits per heavy atom. The molecule has 0 aromatic rings. The van der Waals surface area contributed by atoms with Gasteiger partial charge in [0.25, 0.3) is 0 Å². The Hall–Kier alpha value is -2.48. The van der Waals surface area contributed by atoms with Crippen molar-refractivity contribution in [1.29, 1.82) is 0 Å². The van der Waals surface area contributed by atoms with Gasteiger partial charge in [-0.25, -0.2) is 9.13 Å². The Kier molecular flexibility index (Phi) is 33.4. The quantitative estimate of drug-likeness (QED) is 0.0149. The van der Waals surface area contributed by atoms with Crippen molar-refractivity contribution >= 4 is 27.6 Å². The predicted molar refractivity (Wildman–Crippen MR) is 234 cm³/mol. The summed E-state index contributed by atoms with van der Waals surface area (Å²) in [5.74, 6) is -1.13. The van der Waals surface area contributed by atoms with Crippen LogP contribution in [0.5, 0.6) is 0 Å². The van der Waals surface area contributed by atoms with Crippen LogP contribution in [0, 0.1) is 0 Å². The molecule has 1 heterocycles. The fourth-order valence-corrected chi connectivity index (χ4v) is 6.78. The number of carbonyl (C=O) groups excluding carboxylic acids is 2. The number of unbranched alkanes of at least 4 members (excludes halogenated alkanes) is 8. The summed E-state index contributed by atoms with van der Waals surface area (Å²) in [7, 11) is -9.72. The third-order valence-corrected chi connectivity index (χ3v) is 10.4. The van der Waals surface area contributed by atoms with E-state index in [1.54, 1.807) is 0 Å². The van der Waals surface area contributed by atoms with Crippen LogP contribution < -0.4 is 0 Å². The number of ether oxygens (including phenoxy) is 3. The minimum atomic E-state index is -4.88. The first-order valence-corrected chi connectivity index (χ1v) is 24.8. The number of epoxide rings is 1. The van der Waals surface area contributed by atoms with E-state index in [-0.39, 0.29) is 25.0 Å². The molecule has 0 aromatic carbocycles. The van der Waals surface area contributed by atoms with E-state index < -0.39 is 66.2 Å². The third-order valence-electron chi connectivity index (χ3n) is 8.99. The van der Waals surface area contributed by atoms with Crippen molar-refractivity contribution in [2.45, 2.75) is 167 Å². The molecule has 5 atom stereocenters. The average Bonchev–Trinajstić information content (AvgIpc) is 3.96. The molecule has 0 spiro atoms. The molecule has 1 aliphatic rings. The third kappa shape index (κ3) is 36.2. The summed E-state index contributed by atoms with van der Waals surface area (Å²) in [6.45, 7) is 1.50. The SMILES string of the molecule is CC/C=C\C/C=C\C/C=C\CCCCCCCC(=O)OC[C@H](COP(=O)(O)OC[C@@H](O)COP(=O)(O)O)OC(=O)CCCC1OC1C/C=C\C/C=C\C/C=C\CCCCC. The number of esters is 2. The Labute approximate surface area is 359 Å². The molecule has 4 N–H and O–H groups in total. The molecule has 0 amide bonds. The van der Waals surface area contributed by atoms with E-state index >= 15 is 0 Å². The number of phosphoric acid groups is 2. The maximum atomic E-state index is 12.7. The van der Waals surface area contributed by atoms with Crippen LogP contribution in [0.1, 0.15) is 142 Å². The van der Waals surface area contributed by atoms with Crippen molar-refractivity contribution in [2.24, 2.45) is 0 Å². The van der Waals surface area contributed by atoms with Crippen LogP contribution in [0.25, 0.3) is 0 Å². The minimum absolute atomic E-state index is 0.0353. The highest BCUT2D eigenvalue weighted by Crippen LogP contribution is 2.44. The fourth-order valence-electron chi connectivity index (χ4n) is 5.62. The molecule has 1 aliphatic heterocycles. The van der Waals surface area contributed by atoms with Crippen LogP contribution >= 0.6 is 15.6 Å². The zero-order valence-corrected chi connectivity index (χ0v) is 37.8. The van der Waals surface area contributed by atoms with E-state index in [0.29, 0.717) is 19.3 Å². The number of carbonyl (C=O) groups is 2. The molecule has 0 aromatic heterocycles. The van der Waals surface area contributed by atoms with Crippen molar-refractivity contribution in [1.82, 2.24) is 0 Å². The summed E-state index contributed by atoms with van der Waals surface area (Å²) in [6, 6.07) is 0. The van der Waals surface area contributed by atoms with E-state index in [1.807, 2.05) is 0 Å². The lowest BCUT2D eigenvalue weighted by Gasteiger charge is -2.20. The van der Waals surface area contributed by atoms with Gasteiger partial charge in [0.2, 0.25) is 0 Å². The number of aliphatic hydroxyl groups is 1. The van der Waals surface area contributed by atoms with E-state index in [0.717, 1.165) is 77.0 Å². The number of phosphoric ester groups is 2. The summed E-state index contributed by atoms with van der Waals surface area (Å²) >= 11 is 0. The number of hydrogen-bond donors (Lipinski definition) is 4. The van der Waals surface area contributed by atoms with Gasteiger partial charge in [-0.1, -0.05) is 119 Å². The van der Waals surface area contributed by atoms with E-state index in [1.165, 1.54) is 19.3 Å². The van der Waals surface area contributed by atoms with Crippen LogP contribution in [0.2, 0.25) is 0 Å². The van der Waals surface area contributed by atoms with Gasteiger partial charge in [0.1, 0.15) is 12.7 Å². The van der Waals surface area contributed by atoms with E-state index in [4.69, 9.17) is 28.5 Å². The van der Waals surface area contributed by atoms with Gasteiger partial charge in [0.15, 0.2) is 6.10 Å². The van der Waals surface area contributed by atoms with Crippen molar-refractivity contribution in [2.75, 3.05) is 26.4 Å². The first-order valence-electron chi connectivity index (χ1n) is 21.8. The van der Waals surface area contributed by atoms with Crippen LogP contribution in [-0.4, -0.2) is 82.6 Å². The molecule has 1 saturated heterocycles. The molecule has 1 fully saturated rings. The lowest BCUT2D eigenvalue weighted by molar-refractivity contribution is -0.161. The molecule has 16 heteroatoms. The predicted octanol–water partition coefficient (Wildman–Crippen LogP) is 9.99. The average molecular weight is 889 g/mol. The maximum absolute atomic E-state index is 12.7. The van der Waals surface area contributed by atoms with Gasteiger partial charge < -0.3 is 34.0 Å². The monoisotopic (exact) mass is 888 g/mol. The highest BCUT2D eigenvalue weighted by atomic mass is 31.2. The molecule has 344 valence electrons. The van der Waals surface area contributed by atoms with Gasteiger partial charge in [-0.15, -0.1) is 0 Å². The van der Waals surface area contributed by atoms with Crippen LogP contribution in [0.15, 0.2) is 72.9 Å². The fraction of sp³-hybridized carbons (Fsp3) is 0.682. The Bertz CT molecular complexity index is 1400. The van der Waals surface area contributed by atoms with E-state index in [9.17, 15) is 28.7 Å². The Balaban J connectivity index is 2.44. The second kappa shape index (κ2) is 36.0. The van der Waals surface area contributed by atoms with Crippen molar-refractivity contribution in [3.63, 3.8) is 0 Å². The lowest BCUT2D eigenvalue weighted by Crippen LogP contribution is -2.30. The Morgan fingerprint density at radius 1 is 0.600 bits per heavy atom. The molecule has 14 nitrogen and oxygen atoms in total. The van der Waals surface area contributed by atoms with Crippen molar-refractivity contribution in [3.05, 3.63) is 72.9 Å². The minimum Gasteiger partial charge on any atom is -0.462 e. The largest absolute Gasteiger partial charge is 0.472 e. The molecule has 0 aliphatic carbocycles. The zero-order chi connectivity index (χ0) is 44.2. The summed E-state index contributed by atoms with van der Waals surface area (Å²) in [5, 5.41) is 9.76. The molecular formula is C44H74O14P2. The number of hydrogen-bond acceptors (Lipinski definition) is 11. The van der Waals surface area contributed by atoms with Gasteiger partial charge in [-0.2, -0.15) is 0 Å². The molecule has 60 heavy (non-hydrogen) atoms. The first-order chi connectivity index (χ1) is 28.8. The summed E-state index contributed by atoms with van der Waals surface area (Å²) in [6.07, 6.45) is 40.5. The molecule has 0 saturated carbocycles. The molecule has 0 radical (unpaired) electrons. The van der Waals surface area contributed by atoms with Crippen LogP contribution in [0.4, 0.5) is 0 Å². The van der Waals surface area contributed by atoms with Gasteiger partial charge in [-0.05, 0) is 83.5 Å². The normalized spacial score (nSPS) is 18.1. The second-order valence-electron chi connectivity index (χ2n) is 14.6. The van der Waals surface area contributed by atoms with Gasteiger partial charge >= 0.3 is 27.6 Å². The topological polar surface area (TPSA) is 208 Å². The van der Waals surface area contributed by atoms with Gasteiger partial charge in [0.05, 0.1) is 32.0 Å². The Morgan fingerprint density at radius 2 is 1.13 bits per heavy atom. The summed E-state index contributed by atoms with van der Waals surface area (Å²) < 4.78 is 53.5. The number of allylic oxidation sites excluding steroid dienone is 11. The van der Waals surface area contributed by atoms with Crippen molar-refractivity contribution < 1.29 is 66.3 Å². The highest BCUT2D eigenvalue weighted by Gasteiger charge is 2.37. The summed E-state index contributed by atoms with van der Waals surface area (Å²) in [5.41, 5.74) is 0. The van der Waals surface area contributed by atoms with Gasteiger partial charge in [0, 0.05) is 12.8 Å². The number of aliphatic hydroxyl groups excluding tert-OH is 1. The first kappa shape index (κ1) is 55.5. The van der Waals surface area contributed by atoms with Crippen molar-refractivity contribution in [3.8, 4) is 0 Å². The zero-order valence-electron chi connectivity index (χ0n) is 36.0. The second-order valence-corrected chi connectivity index (χ2v) is 17.3. The molecule has 1 rings (SSSR count). The summed E-state index contributed by atoms with van der Waals surface area (Å²) in [4.78, 5) is 52.8. The number of rotatable bonds is 39. The molecule has 3 unspecified atom stereocenters. The van der Waals surface area contributed by atoms with Crippen LogP contribution in [0.3, 0.4) is 0 Å². The molecule has 0 bridgehead atoms. The van der Waals surface area contributed by atoms with Crippen LogP contribution in [-0.2, 0) is 46.5 Å². The maximum Gasteiger partial charge on any atom is 0.472 e. The van der Waals surface area contributed by atoms with E-state index in [2.05, 4.69) is 95.8 Å². The smallest absolute Gasteiger partial charge is 0.462 e. The van der Waals surface area contributed by atoms with Gasteiger partial charge in [-0.3, -0.25) is 23.2 Å². The molecular weight excluding hydrogens is 814 g/mol.